The van der Waals surface area contributed by atoms with Crippen molar-refractivity contribution in [3.63, 3.8) is 0 Å². The Balaban J connectivity index is 2.58. The van der Waals surface area contributed by atoms with E-state index in [2.05, 4.69) is 0 Å². The summed E-state index contributed by atoms with van der Waals surface area (Å²) in [5.41, 5.74) is 6.51. The van der Waals surface area contributed by atoms with Gasteiger partial charge in [-0.2, -0.15) is 0 Å². The zero-order chi connectivity index (χ0) is 16.8. The summed E-state index contributed by atoms with van der Waals surface area (Å²) in [6, 6.07) is 7.88. The summed E-state index contributed by atoms with van der Waals surface area (Å²) in [4.78, 5) is 13.7. The van der Waals surface area contributed by atoms with Gasteiger partial charge in [0.1, 0.15) is 11.4 Å². The minimum absolute atomic E-state index is 0.0445. The van der Waals surface area contributed by atoms with Crippen molar-refractivity contribution in [1.82, 2.24) is 4.90 Å². The molecule has 0 aliphatic heterocycles. The highest BCUT2D eigenvalue weighted by Crippen LogP contribution is 2.16. The van der Waals surface area contributed by atoms with E-state index in [1.807, 2.05) is 45.0 Å². The number of carbonyl (C=O) groups excluding carboxylic acids is 1. The molecule has 0 radical (unpaired) electrons. The SMILES string of the molecule is COc1ccc(CC[C@@H](CN)N(C)C(=O)OC(C)(C)C)cc1. The first-order valence-electron chi connectivity index (χ1n) is 7.55. The van der Waals surface area contributed by atoms with Crippen molar-refractivity contribution in [1.29, 1.82) is 0 Å². The van der Waals surface area contributed by atoms with Crippen LogP contribution in [0.2, 0.25) is 0 Å². The fourth-order valence-corrected chi connectivity index (χ4v) is 2.08. The van der Waals surface area contributed by atoms with Crippen LogP contribution in [0.4, 0.5) is 4.79 Å². The number of methoxy groups -OCH3 is 1. The summed E-state index contributed by atoms with van der Waals surface area (Å²) < 4.78 is 10.5. The number of likely N-dealkylation sites (N-methyl/N-ethyl adjacent to an activating group) is 1. The number of carbonyl (C=O) groups is 1. The normalized spacial score (nSPS) is 12.6. The van der Waals surface area contributed by atoms with Crippen molar-refractivity contribution in [3.05, 3.63) is 29.8 Å². The van der Waals surface area contributed by atoms with E-state index in [1.54, 1.807) is 19.1 Å². The topological polar surface area (TPSA) is 64.8 Å². The second-order valence-electron chi connectivity index (χ2n) is 6.37. The van der Waals surface area contributed by atoms with E-state index < -0.39 is 5.60 Å². The van der Waals surface area contributed by atoms with Crippen molar-refractivity contribution >= 4 is 6.09 Å². The van der Waals surface area contributed by atoms with Crippen LogP contribution < -0.4 is 10.5 Å². The maximum Gasteiger partial charge on any atom is 0.410 e. The zero-order valence-corrected chi connectivity index (χ0v) is 14.3. The van der Waals surface area contributed by atoms with Crippen LogP contribution >= 0.6 is 0 Å². The molecule has 124 valence electrons. The van der Waals surface area contributed by atoms with Crippen LogP contribution in [0, 0.1) is 0 Å². The summed E-state index contributed by atoms with van der Waals surface area (Å²) >= 11 is 0. The van der Waals surface area contributed by atoms with Gasteiger partial charge in [0.25, 0.3) is 0 Å². The number of benzene rings is 1. The Bertz CT molecular complexity index is 466. The van der Waals surface area contributed by atoms with E-state index in [-0.39, 0.29) is 12.1 Å². The molecule has 0 aliphatic carbocycles. The Morgan fingerprint density at radius 3 is 2.32 bits per heavy atom. The molecule has 1 aromatic rings. The largest absolute Gasteiger partial charge is 0.497 e. The van der Waals surface area contributed by atoms with Crippen LogP contribution in [-0.2, 0) is 11.2 Å². The molecule has 1 amide bonds. The Morgan fingerprint density at radius 1 is 1.27 bits per heavy atom. The Kier molecular flexibility index (Phi) is 6.68. The Labute approximate surface area is 133 Å². The van der Waals surface area contributed by atoms with E-state index in [0.717, 1.165) is 18.6 Å². The minimum atomic E-state index is -0.500. The molecule has 0 spiro atoms. The van der Waals surface area contributed by atoms with Gasteiger partial charge >= 0.3 is 6.09 Å². The third-order valence-corrected chi connectivity index (χ3v) is 3.43. The molecule has 0 fully saturated rings. The minimum Gasteiger partial charge on any atom is -0.497 e. The summed E-state index contributed by atoms with van der Waals surface area (Å²) in [5.74, 6) is 0.838. The van der Waals surface area contributed by atoms with E-state index in [0.29, 0.717) is 6.54 Å². The molecule has 0 aromatic heterocycles. The third kappa shape index (κ3) is 5.93. The summed E-state index contributed by atoms with van der Waals surface area (Å²) in [6.07, 6.45) is 1.30. The van der Waals surface area contributed by atoms with Crippen LogP contribution in [0.5, 0.6) is 5.75 Å². The molecule has 0 unspecified atom stereocenters. The number of nitrogens with zero attached hydrogens (tertiary/aromatic N) is 1. The van der Waals surface area contributed by atoms with E-state index in [4.69, 9.17) is 15.2 Å². The first kappa shape index (κ1) is 18.3. The Hall–Kier alpha value is -1.75. The van der Waals surface area contributed by atoms with Crippen LogP contribution in [0.15, 0.2) is 24.3 Å². The zero-order valence-electron chi connectivity index (χ0n) is 14.3. The molecule has 0 saturated carbocycles. The van der Waals surface area contributed by atoms with Gasteiger partial charge in [-0.15, -0.1) is 0 Å². The number of nitrogens with two attached hydrogens (primary N) is 1. The van der Waals surface area contributed by atoms with Crippen molar-refractivity contribution < 1.29 is 14.3 Å². The number of amides is 1. The standard InChI is InChI=1S/C17H28N2O3/c1-17(2,3)22-16(20)19(4)14(12-18)9-6-13-7-10-15(21-5)11-8-13/h7-8,10-11,14H,6,9,12,18H2,1-5H3/t14-/m0/s1. The predicted molar refractivity (Wildman–Crippen MR) is 88.2 cm³/mol. The first-order chi connectivity index (χ1) is 10.3. The monoisotopic (exact) mass is 308 g/mol. The van der Waals surface area contributed by atoms with Gasteiger partial charge in [0.05, 0.1) is 7.11 Å². The number of rotatable bonds is 6. The molecular weight excluding hydrogens is 280 g/mol. The van der Waals surface area contributed by atoms with Crippen LogP contribution in [0.1, 0.15) is 32.8 Å². The molecule has 1 atom stereocenters. The second-order valence-corrected chi connectivity index (χ2v) is 6.37. The van der Waals surface area contributed by atoms with Gasteiger partial charge in [-0.25, -0.2) is 4.79 Å². The van der Waals surface area contributed by atoms with E-state index >= 15 is 0 Å². The van der Waals surface area contributed by atoms with Crippen molar-refractivity contribution in [2.75, 3.05) is 20.7 Å². The highest BCUT2D eigenvalue weighted by atomic mass is 16.6. The second kappa shape index (κ2) is 8.03. The lowest BCUT2D eigenvalue weighted by Crippen LogP contribution is -2.44. The molecule has 0 aliphatic rings. The van der Waals surface area contributed by atoms with Crippen molar-refractivity contribution in [2.24, 2.45) is 5.73 Å². The highest BCUT2D eigenvalue weighted by molar-refractivity contribution is 5.68. The number of ether oxygens (including phenoxy) is 2. The van der Waals surface area contributed by atoms with Crippen molar-refractivity contribution in [3.8, 4) is 5.75 Å². The number of hydrogen-bond donors (Lipinski definition) is 1. The molecule has 5 nitrogen and oxygen atoms in total. The molecule has 1 aromatic carbocycles. The van der Waals surface area contributed by atoms with Crippen LogP contribution in [-0.4, -0.2) is 43.3 Å². The average molecular weight is 308 g/mol. The van der Waals surface area contributed by atoms with E-state index in [1.165, 1.54) is 5.56 Å². The van der Waals surface area contributed by atoms with Gasteiger partial charge in [0.2, 0.25) is 0 Å². The molecule has 2 N–H and O–H groups in total. The summed E-state index contributed by atoms with van der Waals surface area (Å²) in [6.45, 7) is 5.97. The number of hydrogen-bond acceptors (Lipinski definition) is 4. The predicted octanol–water partition coefficient (Wildman–Crippen LogP) is 2.82. The molecule has 0 heterocycles. The first-order valence-corrected chi connectivity index (χ1v) is 7.55. The van der Waals surface area contributed by atoms with Crippen molar-refractivity contribution in [2.45, 2.75) is 45.3 Å². The molecular formula is C17H28N2O3. The fraction of sp³-hybridized carbons (Fsp3) is 0.588. The van der Waals surface area contributed by atoms with Gasteiger partial charge in [0.15, 0.2) is 0 Å². The highest BCUT2D eigenvalue weighted by Gasteiger charge is 2.24. The molecule has 1 rings (SSSR count). The van der Waals surface area contributed by atoms with Crippen LogP contribution in [0.3, 0.4) is 0 Å². The van der Waals surface area contributed by atoms with E-state index in [9.17, 15) is 4.79 Å². The van der Waals surface area contributed by atoms with Gasteiger partial charge in [0, 0.05) is 19.6 Å². The summed E-state index contributed by atoms with van der Waals surface area (Å²) in [7, 11) is 3.38. The van der Waals surface area contributed by atoms with Crippen LogP contribution in [0.25, 0.3) is 0 Å². The fourth-order valence-electron chi connectivity index (χ4n) is 2.08. The maximum atomic E-state index is 12.1. The summed E-state index contributed by atoms with van der Waals surface area (Å²) in [5, 5.41) is 0. The smallest absolute Gasteiger partial charge is 0.410 e. The van der Waals surface area contributed by atoms with Gasteiger partial charge in [-0.3, -0.25) is 0 Å². The number of aryl methyl sites for hydroxylation is 1. The Morgan fingerprint density at radius 2 is 1.86 bits per heavy atom. The average Bonchev–Trinajstić information content (AvgIpc) is 2.46. The molecule has 5 heteroatoms. The van der Waals surface area contributed by atoms with Gasteiger partial charge < -0.3 is 20.1 Å². The molecule has 22 heavy (non-hydrogen) atoms. The van der Waals surface area contributed by atoms with Gasteiger partial charge in [-0.05, 0) is 51.3 Å². The quantitative estimate of drug-likeness (QED) is 0.877. The third-order valence-electron chi connectivity index (χ3n) is 3.43. The lowest BCUT2D eigenvalue weighted by Gasteiger charge is -2.30. The lowest BCUT2D eigenvalue weighted by atomic mass is 10.0. The molecule has 0 bridgehead atoms. The lowest BCUT2D eigenvalue weighted by molar-refractivity contribution is 0.0221. The molecule has 0 saturated heterocycles. The van der Waals surface area contributed by atoms with Gasteiger partial charge in [-0.1, -0.05) is 12.1 Å². The maximum absolute atomic E-state index is 12.1.